The highest BCUT2D eigenvalue weighted by atomic mass is 35.5. The van der Waals surface area contributed by atoms with Crippen molar-refractivity contribution < 1.29 is 9.59 Å². The predicted octanol–water partition coefficient (Wildman–Crippen LogP) is 4.77. The Balaban J connectivity index is 1.54. The van der Waals surface area contributed by atoms with Crippen molar-refractivity contribution in [3.63, 3.8) is 0 Å². The van der Waals surface area contributed by atoms with Crippen LogP contribution in [0.4, 0.5) is 11.4 Å². The first-order chi connectivity index (χ1) is 12.0. The summed E-state index contributed by atoms with van der Waals surface area (Å²) in [6.07, 6.45) is 1.50. The third-order valence-electron chi connectivity index (χ3n) is 4.28. The van der Waals surface area contributed by atoms with Crippen LogP contribution in [0.1, 0.15) is 18.9 Å². The van der Waals surface area contributed by atoms with Gasteiger partial charge in [0, 0.05) is 11.4 Å². The number of hydrogen-bond acceptors (Lipinski definition) is 2. The van der Waals surface area contributed by atoms with Crippen molar-refractivity contribution in [3.05, 3.63) is 58.1 Å². The van der Waals surface area contributed by atoms with Gasteiger partial charge in [0.1, 0.15) is 0 Å². The van der Waals surface area contributed by atoms with Crippen LogP contribution in [0.15, 0.2) is 42.5 Å². The van der Waals surface area contributed by atoms with Gasteiger partial charge >= 0.3 is 0 Å². The van der Waals surface area contributed by atoms with E-state index in [1.807, 2.05) is 24.3 Å². The Labute approximate surface area is 156 Å². The lowest BCUT2D eigenvalue weighted by atomic mass is 10.1. The summed E-state index contributed by atoms with van der Waals surface area (Å²) in [7, 11) is 0. The molecule has 0 aromatic heterocycles. The lowest BCUT2D eigenvalue weighted by Gasteiger charge is -2.07. The molecule has 1 fully saturated rings. The molecule has 0 bridgehead atoms. The molecule has 25 heavy (non-hydrogen) atoms. The lowest BCUT2D eigenvalue weighted by molar-refractivity contribution is -0.122. The number of anilines is 2. The molecule has 6 heteroatoms. The maximum Gasteiger partial charge on any atom is 0.228 e. The molecule has 2 aromatic carbocycles. The van der Waals surface area contributed by atoms with Gasteiger partial charge in [0.05, 0.1) is 21.9 Å². The van der Waals surface area contributed by atoms with Gasteiger partial charge in [-0.15, -0.1) is 0 Å². The van der Waals surface area contributed by atoms with Gasteiger partial charge in [-0.25, -0.2) is 0 Å². The van der Waals surface area contributed by atoms with E-state index in [1.54, 1.807) is 18.2 Å². The van der Waals surface area contributed by atoms with Crippen LogP contribution >= 0.6 is 23.2 Å². The van der Waals surface area contributed by atoms with Crippen molar-refractivity contribution in [2.45, 2.75) is 19.8 Å². The molecule has 2 aromatic rings. The molecule has 1 saturated carbocycles. The van der Waals surface area contributed by atoms with Gasteiger partial charge in [0.2, 0.25) is 11.8 Å². The molecule has 0 radical (unpaired) electrons. The second-order valence-corrected chi connectivity index (χ2v) is 6.92. The number of benzene rings is 2. The van der Waals surface area contributed by atoms with Crippen molar-refractivity contribution in [2.75, 3.05) is 10.6 Å². The summed E-state index contributed by atoms with van der Waals surface area (Å²) in [5.74, 6) is -0.920. The maximum atomic E-state index is 12.3. The highest BCUT2D eigenvalue weighted by molar-refractivity contribution is 6.42. The van der Waals surface area contributed by atoms with Gasteiger partial charge in [-0.1, -0.05) is 42.3 Å². The Hall–Kier alpha value is -2.04. The number of nitrogens with one attached hydrogen (secondary N) is 2. The Bertz CT molecular complexity index is 806. The zero-order chi connectivity index (χ0) is 18.0. The lowest BCUT2D eigenvalue weighted by Crippen LogP contribution is -2.20. The van der Waals surface area contributed by atoms with Gasteiger partial charge in [-0.05, 0) is 48.7 Å². The summed E-state index contributed by atoms with van der Waals surface area (Å²) in [6.45, 7) is 2.08. The number of carbonyl (C=O) groups is 2. The summed E-state index contributed by atoms with van der Waals surface area (Å²) in [5, 5.41) is 6.44. The van der Waals surface area contributed by atoms with Crippen molar-refractivity contribution in [2.24, 2.45) is 11.8 Å². The molecule has 2 N–H and O–H groups in total. The molecular weight excluding hydrogens is 359 g/mol. The molecule has 130 valence electrons. The number of rotatable bonds is 5. The van der Waals surface area contributed by atoms with Crippen LogP contribution in [-0.2, 0) is 16.0 Å². The minimum Gasteiger partial charge on any atom is -0.326 e. The normalized spacial score (nSPS) is 18.5. The third kappa shape index (κ3) is 4.33. The highest BCUT2D eigenvalue weighted by Gasteiger charge is 2.48. The predicted molar refractivity (Wildman–Crippen MR) is 101 cm³/mol. The van der Waals surface area contributed by atoms with Crippen LogP contribution < -0.4 is 10.6 Å². The van der Waals surface area contributed by atoms with E-state index in [9.17, 15) is 9.59 Å². The van der Waals surface area contributed by atoms with Crippen molar-refractivity contribution in [1.29, 1.82) is 0 Å². The molecule has 1 aliphatic rings. The first-order valence-electron chi connectivity index (χ1n) is 8.13. The maximum absolute atomic E-state index is 12.3. The fourth-order valence-corrected chi connectivity index (χ4v) is 2.94. The molecule has 0 spiro atoms. The van der Waals surface area contributed by atoms with E-state index >= 15 is 0 Å². The second-order valence-electron chi connectivity index (χ2n) is 6.11. The van der Waals surface area contributed by atoms with Gasteiger partial charge in [-0.3, -0.25) is 9.59 Å². The van der Waals surface area contributed by atoms with Crippen LogP contribution in [0, 0.1) is 11.8 Å². The number of carbonyl (C=O) groups excluding carboxylic acids is 2. The molecule has 0 saturated heterocycles. The zero-order valence-corrected chi connectivity index (χ0v) is 15.2. The van der Waals surface area contributed by atoms with Crippen molar-refractivity contribution >= 4 is 46.4 Å². The molecule has 3 rings (SSSR count). The number of amides is 2. The summed E-state index contributed by atoms with van der Waals surface area (Å²) < 4.78 is 0. The molecule has 2 atom stereocenters. The first kappa shape index (κ1) is 17.8. The van der Waals surface area contributed by atoms with E-state index < -0.39 is 0 Å². The van der Waals surface area contributed by atoms with E-state index in [2.05, 4.69) is 17.6 Å². The van der Waals surface area contributed by atoms with Crippen LogP contribution in [0.5, 0.6) is 0 Å². The SMILES string of the molecule is CCc1ccc(NC(=O)C2CC2C(=O)Nc2ccc(Cl)c(Cl)c2)cc1. The van der Waals surface area contributed by atoms with Gasteiger partial charge < -0.3 is 10.6 Å². The average molecular weight is 377 g/mol. The Morgan fingerprint density at radius 1 is 0.920 bits per heavy atom. The third-order valence-corrected chi connectivity index (χ3v) is 5.02. The fourth-order valence-electron chi connectivity index (χ4n) is 2.64. The molecule has 2 unspecified atom stereocenters. The van der Waals surface area contributed by atoms with Crippen LogP contribution in [0.2, 0.25) is 10.0 Å². The van der Waals surface area contributed by atoms with Gasteiger partial charge in [0.15, 0.2) is 0 Å². The fraction of sp³-hybridized carbons (Fsp3) is 0.263. The molecular formula is C19H18Cl2N2O2. The van der Waals surface area contributed by atoms with E-state index in [4.69, 9.17) is 23.2 Å². The molecule has 4 nitrogen and oxygen atoms in total. The minimum absolute atomic E-state index is 0.126. The molecule has 1 aliphatic carbocycles. The standard InChI is InChI=1S/C19H18Cl2N2O2/c1-2-11-3-5-12(6-4-11)22-18(24)14-10-15(14)19(25)23-13-7-8-16(20)17(21)9-13/h3-9,14-15H,2,10H2,1H3,(H,22,24)(H,23,25). The minimum atomic E-state index is -0.315. The number of halogens is 2. The van der Waals surface area contributed by atoms with Crippen LogP contribution in [0.3, 0.4) is 0 Å². The van der Waals surface area contributed by atoms with E-state index in [-0.39, 0.29) is 23.7 Å². The highest BCUT2D eigenvalue weighted by Crippen LogP contribution is 2.40. The smallest absolute Gasteiger partial charge is 0.228 e. The second kappa shape index (κ2) is 7.46. The average Bonchev–Trinajstić information content (AvgIpc) is 3.40. The van der Waals surface area contributed by atoms with Gasteiger partial charge in [0.25, 0.3) is 0 Å². The monoisotopic (exact) mass is 376 g/mol. The largest absolute Gasteiger partial charge is 0.326 e. The molecule has 2 amide bonds. The summed E-state index contributed by atoms with van der Waals surface area (Å²) in [6, 6.07) is 12.6. The quantitative estimate of drug-likeness (QED) is 0.789. The van der Waals surface area contributed by atoms with Crippen molar-refractivity contribution in [3.8, 4) is 0 Å². The van der Waals surface area contributed by atoms with E-state index in [0.29, 0.717) is 22.2 Å². The Morgan fingerprint density at radius 2 is 1.48 bits per heavy atom. The zero-order valence-electron chi connectivity index (χ0n) is 13.7. The summed E-state index contributed by atoms with van der Waals surface area (Å²) in [5.41, 5.74) is 2.53. The Morgan fingerprint density at radius 3 is 2.04 bits per heavy atom. The molecule has 0 heterocycles. The first-order valence-corrected chi connectivity index (χ1v) is 8.89. The summed E-state index contributed by atoms with van der Waals surface area (Å²) >= 11 is 11.8. The number of hydrogen-bond donors (Lipinski definition) is 2. The summed E-state index contributed by atoms with van der Waals surface area (Å²) in [4.78, 5) is 24.5. The van der Waals surface area contributed by atoms with Crippen LogP contribution in [0.25, 0.3) is 0 Å². The van der Waals surface area contributed by atoms with E-state index in [0.717, 1.165) is 12.1 Å². The number of aryl methyl sites for hydroxylation is 1. The van der Waals surface area contributed by atoms with Crippen molar-refractivity contribution in [1.82, 2.24) is 0 Å². The van der Waals surface area contributed by atoms with Gasteiger partial charge in [-0.2, -0.15) is 0 Å². The molecule has 0 aliphatic heterocycles. The Kier molecular flexibility index (Phi) is 5.30. The topological polar surface area (TPSA) is 58.2 Å². The van der Waals surface area contributed by atoms with E-state index in [1.165, 1.54) is 5.56 Å². The van der Waals surface area contributed by atoms with Crippen LogP contribution in [-0.4, -0.2) is 11.8 Å².